The second-order valence-electron chi connectivity index (χ2n) is 4.45. The predicted octanol–water partition coefficient (Wildman–Crippen LogP) is 2.41. The van der Waals surface area contributed by atoms with Crippen LogP contribution in [0, 0.1) is 12.7 Å². The highest BCUT2D eigenvalue weighted by Gasteiger charge is 2.21. The molecule has 1 aromatic carbocycles. The fourth-order valence-electron chi connectivity index (χ4n) is 1.85. The number of nitrogens with two attached hydrogens (primary N) is 1. The molecule has 21 heavy (non-hydrogen) atoms. The molecule has 0 bridgehead atoms. The van der Waals surface area contributed by atoms with Gasteiger partial charge in [-0.1, -0.05) is 13.0 Å². The second-order valence-corrected chi connectivity index (χ2v) is 7.30. The summed E-state index contributed by atoms with van der Waals surface area (Å²) >= 11 is 1.23. The number of nitrogens with zero attached hydrogens (tertiary/aromatic N) is 1. The lowest BCUT2D eigenvalue weighted by Gasteiger charge is -2.07. The maximum absolute atomic E-state index is 13.8. The summed E-state index contributed by atoms with van der Waals surface area (Å²) in [6.45, 7) is 3.94. The SMILES string of the molecule is CCc1nc(NS(=O)(=O)c2cc(CN)ccc2F)sc1C. The third-order valence-electron chi connectivity index (χ3n) is 2.97. The molecule has 3 N–H and O–H groups in total. The number of nitrogens with one attached hydrogen (secondary N) is 1. The summed E-state index contributed by atoms with van der Waals surface area (Å²) in [5.41, 5.74) is 6.83. The maximum atomic E-state index is 13.8. The third kappa shape index (κ3) is 3.39. The third-order valence-corrected chi connectivity index (χ3v) is 5.38. The quantitative estimate of drug-likeness (QED) is 0.882. The Labute approximate surface area is 127 Å². The highest BCUT2D eigenvalue weighted by Crippen LogP contribution is 2.26. The van der Waals surface area contributed by atoms with Crippen LogP contribution in [0.1, 0.15) is 23.1 Å². The van der Waals surface area contributed by atoms with E-state index in [4.69, 9.17) is 5.73 Å². The summed E-state index contributed by atoms with van der Waals surface area (Å²) < 4.78 is 40.6. The van der Waals surface area contributed by atoms with Gasteiger partial charge in [-0.2, -0.15) is 0 Å². The summed E-state index contributed by atoms with van der Waals surface area (Å²) in [7, 11) is -4.02. The molecular weight excluding hydrogens is 313 g/mol. The molecule has 1 heterocycles. The van der Waals surface area contributed by atoms with Gasteiger partial charge in [-0.3, -0.25) is 4.72 Å². The van der Waals surface area contributed by atoms with Gasteiger partial charge in [0.25, 0.3) is 10.0 Å². The normalized spacial score (nSPS) is 11.6. The Morgan fingerprint density at radius 2 is 2.14 bits per heavy atom. The molecule has 0 spiro atoms. The van der Waals surface area contributed by atoms with Gasteiger partial charge in [0.1, 0.15) is 10.7 Å². The van der Waals surface area contributed by atoms with Crippen molar-refractivity contribution in [2.75, 3.05) is 4.72 Å². The fraction of sp³-hybridized carbons (Fsp3) is 0.308. The van der Waals surface area contributed by atoms with Crippen LogP contribution in [-0.2, 0) is 23.0 Å². The molecule has 0 amide bonds. The topological polar surface area (TPSA) is 85.1 Å². The zero-order chi connectivity index (χ0) is 15.6. The molecule has 2 rings (SSSR count). The summed E-state index contributed by atoms with van der Waals surface area (Å²) in [5.74, 6) is -0.816. The monoisotopic (exact) mass is 329 g/mol. The predicted molar refractivity (Wildman–Crippen MR) is 81.3 cm³/mol. The summed E-state index contributed by atoms with van der Waals surface area (Å²) in [4.78, 5) is 4.71. The van der Waals surface area contributed by atoms with Crippen LogP contribution in [0.4, 0.5) is 9.52 Å². The van der Waals surface area contributed by atoms with E-state index in [1.165, 1.54) is 23.5 Å². The summed E-state index contributed by atoms with van der Waals surface area (Å²) in [6.07, 6.45) is 0.709. The number of thiazole rings is 1. The zero-order valence-electron chi connectivity index (χ0n) is 11.7. The van der Waals surface area contributed by atoms with Gasteiger partial charge in [0.05, 0.1) is 5.69 Å². The van der Waals surface area contributed by atoms with Gasteiger partial charge in [-0.15, -0.1) is 11.3 Å². The zero-order valence-corrected chi connectivity index (χ0v) is 13.3. The van der Waals surface area contributed by atoms with Gasteiger partial charge in [-0.25, -0.2) is 17.8 Å². The average Bonchev–Trinajstić information content (AvgIpc) is 2.78. The Balaban J connectivity index is 2.37. The lowest BCUT2D eigenvalue weighted by molar-refractivity contribution is 0.569. The van der Waals surface area contributed by atoms with Crippen LogP contribution in [0.15, 0.2) is 23.1 Å². The van der Waals surface area contributed by atoms with Crippen molar-refractivity contribution in [2.45, 2.75) is 31.7 Å². The molecule has 0 aliphatic rings. The fourth-order valence-corrected chi connectivity index (χ4v) is 4.12. The first kappa shape index (κ1) is 15.9. The van der Waals surface area contributed by atoms with Crippen LogP contribution < -0.4 is 10.5 Å². The lowest BCUT2D eigenvalue weighted by atomic mass is 10.2. The van der Waals surface area contributed by atoms with Crippen LogP contribution in [0.2, 0.25) is 0 Å². The van der Waals surface area contributed by atoms with E-state index in [-0.39, 0.29) is 11.7 Å². The highest BCUT2D eigenvalue weighted by molar-refractivity contribution is 7.93. The van der Waals surface area contributed by atoms with E-state index in [1.54, 1.807) is 0 Å². The molecule has 0 saturated carbocycles. The van der Waals surface area contributed by atoms with Gasteiger partial charge >= 0.3 is 0 Å². The Morgan fingerprint density at radius 3 is 2.71 bits per heavy atom. The first-order valence-electron chi connectivity index (χ1n) is 6.35. The van der Waals surface area contributed by atoms with Crippen molar-refractivity contribution in [2.24, 2.45) is 5.73 Å². The number of benzene rings is 1. The Morgan fingerprint density at radius 1 is 1.43 bits per heavy atom. The molecule has 0 aliphatic heterocycles. The average molecular weight is 329 g/mol. The van der Waals surface area contributed by atoms with Gasteiger partial charge in [0, 0.05) is 11.4 Å². The van der Waals surface area contributed by atoms with E-state index in [1.807, 2.05) is 13.8 Å². The smallest absolute Gasteiger partial charge is 0.266 e. The van der Waals surface area contributed by atoms with E-state index in [0.29, 0.717) is 12.0 Å². The maximum Gasteiger partial charge on any atom is 0.266 e. The van der Waals surface area contributed by atoms with Gasteiger partial charge in [-0.05, 0) is 31.0 Å². The summed E-state index contributed by atoms with van der Waals surface area (Å²) in [6, 6.07) is 3.79. The Hall–Kier alpha value is -1.51. The Bertz CT molecular complexity index is 757. The van der Waals surface area contributed by atoms with E-state index in [2.05, 4.69) is 9.71 Å². The molecule has 0 saturated heterocycles. The lowest BCUT2D eigenvalue weighted by Crippen LogP contribution is -2.15. The molecule has 0 fully saturated rings. The number of anilines is 1. The largest absolute Gasteiger partial charge is 0.326 e. The van der Waals surface area contributed by atoms with Crippen molar-refractivity contribution in [3.63, 3.8) is 0 Å². The number of aromatic nitrogens is 1. The highest BCUT2D eigenvalue weighted by atomic mass is 32.2. The van der Waals surface area contributed by atoms with Crippen LogP contribution in [-0.4, -0.2) is 13.4 Å². The minimum Gasteiger partial charge on any atom is -0.326 e. The van der Waals surface area contributed by atoms with Crippen LogP contribution in [0.25, 0.3) is 0 Å². The standard InChI is InChI=1S/C13H16FN3O2S2/c1-3-11-8(2)20-13(16-11)17-21(18,19)12-6-9(7-15)4-5-10(12)14/h4-6H,3,7,15H2,1-2H3,(H,16,17). The van der Waals surface area contributed by atoms with E-state index >= 15 is 0 Å². The summed E-state index contributed by atoms with van der Waals surface area (Å²) in [5, 5.41) is 0.238. The van der Waals surface area contributed by atoms with E-state index in [9.17, 15) is 12.8 Å². The van der Waals surface area contributed by atoms with Gasteiger partial charge < -0.3 is 5.73 Å². The molecule has 2 aromatic rings. The molecule has 0 atom stereocenters. The number of halogens is 1. The first-order chi connectivity index (χ1) is 9.87. The molecule has 0 unspecified atom stereocenters. The van der Waals surface area contributed by atoms with Crippen LogP contribution in [0.5, 0.6) is 0 Å². The van der Waals surface area contributed by atoms with E-state index < -0.39 is 20.7 Å². The molecule has 5 nitrogen and oxygen atoms in total. The van der Waals surface area contributed by atoms with Crippen molar-refractivity contribution in [1.29, 1.82) is 0 Å². The molecule has 8 heteroatoms. The Kier molecular flexibility index (Phi) is 4.60. The van der Waals surface area contributed by atoms with Crippen molar-refractivity contribution in [3.8, 4) is 0 Å². The first-order valence-corrected chi connectivity index (χ1v) is 8.65. The van der Waals surface area contributed by atoms with Crippen LogP contribution in [0.3, 0.4) is 0 Å². The van der Waals surface area contributed by atoms with Crippen molar-refractivity contribution < 1.29 is 12.8 Å². The molecule has 0 radical (unpaired) electrons. The number of hydrogen-bond donors (Lipinski definition) is 2. The van der Waals surface area contributed by atoms with Crippen molar-refractivity contribution >= 4 is 26.5 Å². The minimum atomic E-state index is -4.02. The minimum absolute atomic E-state index is 0.138. The van der Waals surface area contributed by atoms with Gasteiger partial charge in [0.2, 0.25) is 0 Å². The number of hydrogen-bond acceptors (Lipinski definition) is 5. The molecule has 0 aliphatic carbocycles. The van der Waals surface area contributed by atoms with Gasteiger partial charge in [0.15, 0.2) is 5.13 Å². The molecule has 114 valence electrons. The number of aryl methyl sites for hydroxylation is 2. The molecular formula is C13H16FN3O2S2. The van der Waals surface area contributed by atoms with Crippen molar-refractivity contribution in [1.82, 2.24) is 4.98 Å². The van der Waals surface area contributed by atoms with E-state index in [0.717, 1.165) is 16.6 Å². The molecule has 1 aromatic heterocycles. The number of sulfonamides is 1. The number of rotatable bonds is 5. The van der Waals surface area contributed by atoms with Crippen LogP contribution >= 0.6 is 11.3 Å². The second kappa shape index (κ2) is 6.08. The van der Waals surface area contributed by atoms with Crippen molar-refractivity contribution in [3.05, 3.63) is 40.2 Å².